The van der Waals surface area contributed by atoms with Crippen LogP contribution in [-0.4, -0.2) is 30.2 Å². The quantitative estimate of drug-likeness (QED) is 0.658. The maximum Gasteiger partial charge on any atom is 0.138 e. The van der Waals surface area contributed by atoms with E-state index in [1.807, 2.05) is 36.4 Å². The van der Waals surface area contributed by atoms with Crippen LogP contribution in [0.5, 0.6) is 5.75 Å². The molecule has 0 saturated carbocycles. The number of ether oxygens (including phenoxy) is 1. The summed E-state index contributed by atoms with van der Waals surface area (Å²) in [6.07, 6.45) is 2.50. The van der Waals surface area contributed by atoms with Crippen LogP contribution in [0.1, 0.15) is 12.5 Å². The van der Waals surface area contributed by atoms with Gasteiger partial charge >= 0.3 is 0 Å². The molecule has 0 atom stereocenters. The fraction of sp³-hybridized carbons (Fsp3) is 0.238. The van der Waals surface area contributed by atoms with Crippen LogP contribution in [0.15, 0.2) is 67.0 Å². The lowest BCUT2D eigenvalue weighted by molar-refractivity contribution is 0.414. The molecule has 26 heavy (non-hydrogen) atoms. The van der Waals surface area contributed by atoms with Gasteiger partial charge in [-0.2, -0.15) is 0 Å². The molecule has 1 N–H and O–H groups in total. The Bertz CT molecular complexity index is 823. The molecule has 0 amide bonds. The zero-order valence-electron chi connectivity index (χ0n) is 15.2. The summed E-state index contributed by atoms with van der Waals surface area (Å²) in [4.78, 5) is 10.9. The zero-order chi connectivity index (χ0) is 18.2. The molecule has 1 aromatic heterocycles. The summed E-state index contributed by atoms with van der Waals surface area (Å²) < 4.78 is 5.27. The maximum absolute atomic E-state index is 5.27. The minimum Gasteiger partial charge on any atom is -0.497 e. The van der Waals surface area contributed by atoms with Crippen LogP contribution in [0.3, 0.4) is 0 Å². The van der Waals surface area contributed by atoms with Crippen molar-refractivity contribution in [2.24, 2.45) is 0 Å². The lowest BCUT2D eigenvalue weighted by atomic mass is 10.1. The van der Waals surface area contributed by atoms with Gasteiger partial charge in [0.1, 0.15) is 23.7 Å². The molecule has 0 unspecified atom stereocenters. The Morgan fingerprint density at radius 1 is 1.00 bits per heavy atom. The van der Waals surface area contributed by atoms with Crippen LogP contribution in [-0.2, 0) is 6.42 Å². The van der Waals surface area contributed by atoms with Crippen molar-refractivity contribution in [2.45, 2.75) is 13.3 Å². The van der Waals surface area contributed by atoms with Gasteiger partial charge in [0.05, 0.1) is 7.11 Å². The second-order valence-electron chi connectivity index (χ2n) is 5.87. The van der Waals surface area contributed by atoms with Gasteiger partial charge in [-0.1, -0.05) is 30.3 Å². The van der Waals surface area contributed by atoms with Crippen molar-refractivity contribution in [3.63, 3.8) is 0 Å². The summed E-state index contributed by atoms with van der Waals surface area (Å²) in [5, 5.41) is 3.38. The van der Waals surface area contributed by atoms with Gasteiger partial charge in [-0.15, -0.1) is 0 Å². The van der Waals surface area contributed by atoms with Gasteiger partial charge in [0.25, 0.3) is 0 Å². The largest absolute Gasteiger partial charge is 0.497 e. The number of nitrogens with one attached hydrogen (secondary N) is 1. The first-order chi connectivity index (χ1) is 12.8. The minimum absolute atomic E-state index is 0.793. The summed E-state index contributed by atoms with van der Waals surface area (Å²) >= 11 is 0. The summed E-state index contributed by atoms with van der Waals surface area (Å²) in [7, 11) is 1.69. The second kappa shape index (κ2) is 8.85. The lowest BCUT2D eigenvalue weighted by Crippen LogP contribution is -2.18. The van der Waals surface area contributed by atoms with Crippen LogP contribution in [0.25, 0.3) is 0 Å². The average molecular weight is 348 g/mol. The van der Waals surface area contributed by atoms with E-state index in [2.05, 4.69) is 51.4 Å². The second-order valence-corrected chi connectivity index (χ2v) is 5.87. The molecule has 0 spiro atoms. The number of anilines is 3. The molecular weight excluding hydrogens is 324 g/mol. The molecule has 0 aliphatic carbocycles. The molecule has 5 nitrogen and oxygen atoms in total. The smallest absolute Gasteiger partial charge is 0.138 e. The van der Waals surface area contributed by atoms with Gasteiger partial charge in [0.15, 0.2) is 0 Å². The number of hydrogen-bond acceptors (Lipinski definition) is 5. The average Bonchev–Trinajstić information content (AvgIpc) is 2.70. The molecule has 0 aliphatic rings. The first kappa shape index (κ1) is 17.7. The first-order valence-electron chi connectivity index (χ1n) is 8.81. The van der Waals surface area contributed by atoms with Crippen molar-refractivity contribution >= 4 is 17.3 Å². The molecule has 0 aliphatic heterocycles. The Labute approximate surface area is 154 Å². The van der Waals surface area contributed by atoms with E-state index in [0.29, 0.717) is 0 Å². The van der Waals surface area contributed by atoms with E-state index in [0.717, 1.165) is 42.6 Å². The van der Waals surface area contributed by atoms with Crippen LogP contribution >= 0.6 is 0 Å². The van der Waals surface area contributed by atoms with Crippen LogP contribution < -0.4 is 15.0 Å². The monoisotopic (exact) mass is 348 g/mol. The molecule has 2 aromatic carbocycles. The van der Waals surface area contributed by atoms with Gasteiger partial charge in [-0.3, -0.25) is 0 Å². The lowest BCUT2D eigenvalue weighted by Gasteiger charge is -2.22. The predicted molar refractivity (Wildman–Crippen MR) is 106 cm³/mol. The third kappa shape index (κ3) is 4.51. The van der Waals surface area contributed by atoms with Crippen LogP contribution in [0.4, 0.5) is 17.3 Å². The Morgan fingerprint density at radius 3 is 2.62 bits per heavy atom. The number of rotatable bonds is 8. The third-order valence-electron chi connectivity index (χ3n) is 4.17. The predicted octanol–water partition coefficient (Wildman–Crippen LogP) is 4.30. The van der Waals surface area contributed by atoms with E-state index < -0.39 is 0 Å². The molecule has 0 bridgehead atoms. The maximum atomic E-state index is 5.27. The molecule has 5 heteroatoms. The molecule has 3 aromatic rings. The van der Waals surface area contributed by atoms with E-state index in [4.69, 9.17) is 4.74 Å². The number of methoxy groups -OCH3 is 1. The van der Waals surface area contributed by atoms with Gasteiger partial charge < -0.3 is 15.0 Å². The topological polar surface area (TPSA) is 50.3 Å². The Morgan fingerprint density at radius 2 is 1.85 bits per heavy atom. The van der Waals surface area contributed by atoms with Gasteiger partial charge in [-0.25, -0.2) is 9.97 Å². The van der Waals surface area contributed by atoms with E-state index in [1.54, 1.807) is 13.4 Å². The number of nitrogens with zero attached hydrogens (tertiary/aromatic N) is 3. The molecule has 0 radical (unpaired) electrons. The van der Waals surface area contributed by atoms with E-state index in [1.165, 1.54) is 5.56 Å². The van der Waals surface area contributed by atoms with E-state index in [-0.39, 0.29) is 0 Å². The number of benzene rings is 2. The van der Waals surface area contributed by atoms with Crippen molar-refractivity contribution < 1.29 is 4.74 Å². The summed E-state index contributed by atoms with van der Waals surface area (Å²) in [5.41, 5.74) is 2.35. The Balaban J connectivity index is 1.65. The molecule has 134 valence electrons. The number of aromatic nitrogens is 2. The summed E-state index contributed by atoms with van der Waals surface area (Å²) in [6, 6.07) is 20.4. The van der Waals surface area contributed by atoms with Crippen LogP contribution in [0.2, 0.25) is 0 Å². The van der Waals surface area contributed by atoms with Gasteiger partial charge in [0, 0.05) is 24.8 Å². The highest BCUT2D eigenvalue weighted by atomic mass is 16.5. The summed E-state index contributed by atoms with van der Waals surface area (Å²) in [5.74, 6) is 2.60. The van der Waals surface area contributed by atoms with Crippen molar-refractivity contribution in [1.82, 2.24) is 9.97 Å². The van der Waals surface area contributed by atoms with Crippen molar-refractivity contribution in [1.29, 1.82) is 0 Å². The normalized spacial score (nSPS) is 10.4. The highest BCUT2D eigenvalue weighted by Gasteiger charge is 2.09. The Hall–Kier alpha value is -3.08. The summed E-state index contributed by atoms with van der Waals surface area (Å²) in [6.45, 7) is 3.75. The standard InChI is InChI=1S/C21H24N4O/c1-3-25(18-9-5-4-6-10-18)21-15-20(23-16-24-21)22-13-12-17-8-7-11-19(14-17)26-2/h4-11,14-16H,3,12-13H2,1-2H3,(H,22,23,24). The molecule has 3 rings (SSSR count). The van der Waals surface area contributed by atoms with Crippen molar-refractivity contribution in [2.75, 3.05) is 30.4 Å². The highest BCUT2D eigenvalue weighted by Crippen LogP contribution is 2.24. The first-order valence-corrected chi connectivity index (χ1v) is 8.81. The SMILES string of the molecule is CCN(c1ccccc1)c1cc(NCCc2cccc(OC)c2)ncn1. The minimum atomic E-state index is 0.793. The third-order valence-corrected chi connectivity index (χ3v) is 4.17. The molecular formula is C21H24N4O. The number of para-hydroxylation sites is 1. The molecule has 0 saturated heterocycles. The fourth-order valence-corrected chi connectivity index (χ4v) is 2.84. The van der Waals surface area contributed by atoms with Crippen molar-refractivity contribution in [3.8, 4) is 5.75 Å². The van der Waals surface area contributed by atoms with E-state index >= 15 is 0 Å². The fourth-order valence-electron chi connectivity index (χ4n) is 2.84. The van der Waals surface area contributed by atoms with Gasteiger partial charge in [0.2, 0.25) is 0 Å². The van der Waals surface area contributed by atoms with E-state index in [9.17, 15) is 0 Å². The Kier molecular flexibility index (Phi) is 6.04. The van der Waals surface area contributed by atoms with Crippen LogP contribution in [0, 0.1) is 0 Å². The highest BCUT2D eigenvalue weighted by molar-refractivity contribution is 5.61. The zero-order valence-corrected chi connectivity index (χ0v) is 15.2. The van der Waals surface area contributed by atoms with Gasteiger partial charge in [-0.05, 0) is 43.2 Å². The van der Waals surface area contributed by atoms with Crippen molar-refractivity contribution in [3.05, 3.63) is 72.6 Å². The number of hydrogen-bond donors (Lipinski definition) is 1. The molecule has 0 fully saturated rings. The molecule has 1 heterocycles.